The zero-order chi connectivity index (χ0) is 15.4. The van der Waals surface area contributed by atoms with Crippen molar-refractivity contribution >= 4 is 5.88 Å². The predicted molar refractivity (Wildman–Crippen MR) is 83.0 cm³/mol. The molecule has 0 saturated carbocycles. The fraction of sp³-hybridized carbons (Fsp3) is 0.118. The first kappa shape index (κ1) is 13.8. The lowest BCUT2D eigenvalue weighted by molar-refractivity contribution is 0.584. The van der Waals surface area contributed by atoms with Crippen molar-refractivity contribution in [2.24, 2.45) is 0 Å². The number of aryl methyl sites for hydroxylation is 1. The second-order valence-corrected chi connectivity index (χ2v) is 4.84. The number of hydrogen-bond donors (Lipinski definition) is 1. The standard InChI is InChI=1S/C17H14N4O/c1-12-5-2-3-7-14(12)16-21-15(9-18)17(22-16)20-11-13-6-4-8-19-10-13/h2-8,10,20H,11H2,1H3. The molecule has 22 heavy (non-hydrogen) atoms. The van der Waals surface area contributed by atoms with E-state index in [2.05, 4.69) is 21.4 Å². The number of nitrogens with one attached hydrogen (secondary N) is 1. The van der Waals surface area contributed by atoms with Crippen LogP contribution < -0.4 is 5.32 Å². The van der Waals surface area contributed by atoms with Crippen molar-refractivity contribution in [2.75, 3.05) is 5.32 Å². The van der Waals surface area contributed by atoms with Gasteiger partial charge in [-0.25, -0.2) is 0 Å². The van der Waals surface area contributed by atoms with Gasteiger partial charge in [0.05, 0.1) is 0 Å². The SMILES string of the molecule is Cc1ccccc1-c1nc(C#N)c(NCc2cccnc2)o1. The quantitative estimate of drug-likeness (QED) is 0.795. The minimum atomic E-state index is 0.252. The van der Waals surface area contributed by atoms with Gasteiger partial charge in [-0.05, 0) is 30.2 Å². The van der Waals surface area contributed by atoms with E-state index in [1.807, 2.05) is 43.3 Å². The van der Waals surface area contributed by atoms with Crippen LogP contribution >= 0.6 is 0 Å². The molecule has 3 rings (SSSR count). The second kappa shape index (κ2) is 6.10. The summed E-state index contributed by atoms with van der Waals surface area (Å²) in [6, 6.07) is 13.6. The third-order valence-corrected chi connectivity index (χ3v) is 3.28. The van der Waals surface area contributed by atoms with Gasteiger partial charge in [-0.2, -0.15) is 10.2 Å². The van der Waals surface area contributed by atoms with Gasteiger partial charge in [-0.3, -0.25) is 4.98 Å². The molecule has 3 aromatic rings. The van der Waals surface area contributed by atoms with E-state index in [9.17, 15) is 5.26 Å². The number of hydrogen-bond acceptors (Lipinski definition) is 5. The number of aromatic nitrogens is 2. The third kappa shape index (κ3) is 2.81. The highest BCUT2D eigenvalue weighted by atomic mass is 16.4. The average molecular weight is 290 g/mol. The highest BCUT2D eigenvalue weighted by molar-refractivity contribution is 5.62. The van der Waals surface area contributed by atoms with Crippen molar-refractivity contribution in [3.63, 3.8) is 0 Å². The summed E-state index contributed by atoms with van der Waals surface area (Å²) >= 11 is 0. The summed E-state index contributed by atoms with van der Waals surface area (Å²) in [5, 5.41) is 12.3. The lowest BCUT2D eigenvalue weighted by atomic mass is 10.1. The first-order chi connectivity index (χ1) is 10.8. The second-order valence-electron chi connectivity index (χ2n) is 4.84. The summed E-state index contributed by atoms with van der Waals surface area (Å²) < 4.78 is 5.73. The Hall–Kier alpha value is -3.13. The topological polar surface area (TPSA) is 74.7 Å². The average Bonchev–Trinajstić information content (AvgIpc) is 2.97. The number of anilines is 1. The molecule has 1 N–H and O–H groups in total. The molecule has 0 aliphatic carbocycles. The Morgan fingerprint density at radius 1 is 1.23 bits per heavy atom. The minimum absolute atomic E-state index is 0.252. The van der Waals surface area contributed by atoms with Gasteiger partial charge in [0, 0.05) is 24.5 Å². The van der Waals surface area contributed by atoms with Crippen molar-refractivity contribution < 1.29 is 4.42 Å². The fourth-order valence-electron chi connectivity index (χ4n) is 2.13. The van der Waals surface area contributed by atoms with Crippen LogP contribution in [0.15, 0.2) is 53.2 Å². The van der Waals surface area contributed by atoms with Gasteiger partial charge in [-0.1, -0.05) is 24.3 Å². The van der Waals surface area contributed by atoms with Crippen molar-refractivity contribution in [1.29, 1.82) is 5.26 Å². The number of benzene rings is 1. The van der Waals surface area contributed by atoms with Gasteiger partial charge in [0.15, 0.2) is 0 Å². The van der Waals surface area contributed by atoms with E-state index in [0.29, 0.717) is 18.3 Å². The van der Waals surface area contributed by atoms with E-state index in [-0.39, 0.29) is 5.69 Å². The maximum absolute atomic E-state index is 9.22. The zero-order valence-electron chi connectivity index (χ0n) is 12.1. The number of oxazole rings is 1. The minimum Gasteiger partial charge on any atom is -0.419 e. The van der Waals surface area contributed by atoms with E-state index < -0.39 is 0 Å². The molecular formula is C17H14N4O. The molecule has 0 fully saturated rings. The molecule has 2 heterocycles. The van der Waals surface area contributed by atoms with E-state index in [4.69, 9.17) is 4.42 Å². The first-order valence-corrected chi connectivity index (χ1v) is 6.87. The van der Waals surface area contributed by atoms with Crippen LogP contribution in [0.2, 0.25) is 0 Å². The van der Waals surface area contributed by atoms with Crippen LogP contribution in [0.25, 0.3) is 11.5 Å². The monoisotopic (exact) mass is 290 g/mol. The molecule has 0 saturated heterocycles. The molecule has 5 nitrogen and oxygen atoms in total. The predicted octanol–water partition coefficient (Wildman–Crippen LogP) is 3.53. The Morgan fingerprint density at radius 2 is 2.09 bits per heavy atom. The molecule has 0 atom stereocenters. The van der Waals surface area contributed by atoms with Crippen LogP contribution in [0.5, 0.6) is 0 Å². The van der Waals surface area contributed by atoms with Gasteiger partial charge in [0.25, 0.3) is 0 Å². The molecule has 0 aliphatic rings. The van der Waals surface area contributed by atoms with E-state index >= 15 is 0 Å². The smallest absolute Gasteiger partial charge is 0.232 e. The highest BCUT2D eigenvalue weighted by Crippen LogP contribution is 2.27. The Kier molecular flexibility index (Phi) is 3.84. The zero-order valence-corrected chi connectivity index (χ0v) is 12.1. The van der Waals surface area contributed by atoms with Crippen molar-refractivity contribution in [2.45, 2.75) is 13.5 Å². The Balaban J connectivity index is 1.86. The maximum atomic E-state index is 9.22. The summed E-state index contributed by atoms with van der Waals surface area (Å²) in [7, 11) is 0. The van der Waals surface area contributed by atoms with Crippen molar-refractivity contribution in [1.82, 2.24) is 9.97 Å². The first-order valence-electron chi connectivity index (χ1n) is 6.87. The number of rotatable bonds is 4. The fourth-order valence-corrected chi connectivity index (χ4v) is 2.13. The molecule has 0 unspecified atom stereocenters. The summed E-state index contributed by atoms with van der Waals surface area (Å²) in [6.07, 6.45) is 3.48. The molecule has 5 heteroatoms. The van der Waals surface area contributed by atoms with Gasteiger partial charge in [0.1, 0.15) is 6.07 Å². The van der Waals surface area contributed by atoms with E-state index in [1.165, 1.54) is 0 Å². The number of nitriles is 1. The normalized spacial score (nSPS) is 10.2. The molecule has 0 amide bonds. The molecule has 0 spiro atoms. The summed E-state index contributed by atoms with van der Waals surface area (Å²) in [6.45, 7) is 2.50. The molecule has 0 radical (unpaired) electrons. The summed E-state index contributed by atoms with van der Waals surface area (Å²) in [5.41, 5.74) is 3.18. The van der Waals surface area contributed by atoms with Gasteiger partial charge in [0.2, 0.25) is 17.5 Å². The van der Waals surface area contributed by atoms with Gasteiger partial charge < -0.3 is 9.73 Å². The van der Waals surface area contributed by atoms with Crippen molar-refractivity contribution in [3.8, 4) is 17.5 Å². The van der Waals surface area contributed by atoms with Crippen LogP contribution in [-0.4, -0.2) is 9.97 Å². The molecule has 2 aromatic heterocycles. The number of nitrogens with zero attached hydrogens (tertiary/aromatic N) is 3. The maximum Gasteiger partial charge on any atom is 0.232 e. The summed E-state index contributed by atoms with van der Waals surface area (Å²) in [4.78, 5) is 8.32. The molecule has 108 valence electrons. The molecule has 0 aliphatic heterocycles. The highest BCUT2D eigenvalue weighted by Gasteiger charge is 2.15. The lowest BCUT2D eigenvalue weighted by Gasteiger charge is -2.02. The van der Waals surface area contributed by atoms with Crippen LogP contribution in [-0.2, 0) is 6.54 Å². The van der Waals surface area contributed by atoms with Gasteiger partial charge in [-0.15, -0.1) is 0 Å². The summed E-state index contributed by atoms with van der Waals surface area (Å²) in [5.74, 6) is 0.827. The van der Waals surface area contributed by atoms with Crippen LogP contribution in [0.3, 0.4) is 0 Å². The molecular weight excluding hydrogens is 276 g/mol. The van der Waals surface area contributed by atoms with Gasteiger partial charge >= 0.3 is 0 Å². The Bertz CT molecular complexity index is 818. The molecule has 1 aromatic carbocycles. The third-order valence-electron chi connectivity index (χ3n) is 3.28. The number of pyridine rings is 1. The van der Waals surface area contributed by atoms with Crippen LogP contribution in [0.1, 0.15) is 16.8 Å². The van der Waals surface area contributed by atoms with Crippen molar-refractivity contribution in [3.05, 3.63) is 65.6 Å². The van der Waals surface area contributed by atoms with Crippen LogP contribution in [0, 0.1) is 18.3 Å². The van der Waals surface area contributed by atoms with E-state index in [0.717, 1.165) is 16.7 Å². The molecule has 0 bridgehead atoms. The van der Waals surface area contributed by atoms with E-state index in [1.54, 1.807) is 12.4 Å². The lowest BCUT2D eigenvalue weighted by Crippen LogP contribution is -1.99. The Morgan fingerprint density at radius 3 is 2.82 bits per heavy atom. The largest absolute Gasteiger partial charge is 0.419 e. The Labute approximate surface area is 128 Å². The van der Waals surface area contributed by atoms with Crippen LogP contribution in [0.4, 0.5) is 5.88 Å².